The Balaban J connectivity index is 1.89. The van der Waals surface area contributed by atoms with Crippen LogP contribution < -0.4 is 5.32 Å². The van der Waals surface area contributed by atoms with Gasteiger partial charge in [-0.05, 0) is 55.3 Å². The van der Waals surface area contributed by atoms with Crippen LogP contribution >= 0.6 is 11.6 Å². The lowest BCUT2D eigenvalue weighted by Crippen LogP contribution is -2.08. The maximum absolute atomic E-state index is 13.4. The van der Waals surface area contributed by atoms with E-state index in [1.54, 1.807) is 37.3 Å². The second-order valence-corrected chi connectivity index (χ2v) is 9.70. The van der Waals surface area contributed by atoms with Crippen molar-refractivity contribution in [3.05, 3.63) is 76.1 Å². The van der Waals surface area contributed by atoms with Crippen molar-refractivity contribution in [3.63, 3.8) is 0 Å². The highest BCUT2D eigenvalue weighted by molar-refractivity contribution is 7.91. The number of aromatic amines is 1. The second kappa shape index (κ2) is 8.29. The normalized spacial score (nSPS) is 14.4. The Morgan fingerprint density at radius 3 is 2.50 bits per heavy atom. The fourth-order valence-electron chi connectivity index (χ4n) is 3.81. The molecule has 0 atom stereocenters. The SMILES string of the molecule is Cc1[nH]c(C=C2C(=O)Nc3ccccc32)c(CCC(=O)O)c1S(=O)(=O)c1ccc(Cl)cc1. The van der Waals surface area contributed by atoms with Gasteiger partial charge in [0.25, 0.3) is 5.91 Å². The fourth-order valence-corrected chi connectivity index (χ4v) is 5.65. The molecule has 4 rings (SSSR count). The van der Waals surface area contributed by atoms with Crippen LogP contribution in [0.1, 0.15) is 28.9 Å². The van der Waals surface area contributed by atoms with Gasteiger partial charge in [0.15, 0.2) is 0 Å². The Morgan fingerprint density at radius 1 is 1.12 bits per heavy atom. The number of benzene rings is 2. The quantitative estimate of drug-likeness (QED) is 0.464. The number of sulfone groups is 1. The highest BCUT2D eigenvalue weighted by Crippen LogP contribution is 2.36. The van der Waals surface area contributed by atoms with E-state index in [0.717, 1.165) is 0 Å². The molecule has 164 valence electrons. The molecule has 0 unspecified atom stereocenters. The number of aromatic nitrogens is 1. The van der Waals surface area contributed by atoms with Crippen molar-refractivity contribution in [1.82, 2.24) is 4.98 Å². The molecule has 1 aliphatic rings. The molecule has 3 aromatic rings. The van der Waals surface area contributed by atoms with E-state index < -0.39 is 15.8 Å². The van der Waals surface area contributed by atoms with Crippen LogP contribution in [0.5, 0.6) is 0 Å². The van der Waals surface area contributed by atoms with Gasteiger partial charge in [0.05, 0.1) is 15.4 Å². The first-order chi connectivity index (χ1) is 15.2. The zero-order valence-electron chi connectivity index (χ0n) is 17.0. The first-order valence-electron chi connectivity index (χ1n) is 9.75. The molecule has 9 heteroatoms. The van der Waals surface area contributed by atoms with Gasteiger partial charge < -0.3 is 15.4 Å². The number of hydrogen-bond donors (Lipinski definition) is 3. The number of amides is 1. The highest BCUT2D eigenvalue weighted by Gasteiger charge is 2.29. The van der Waals surface area contributed by atoms with Crippen LogP contribution in [0, 0.1) is 6.92 Å². The Bertz CT molecular complexity index is 1370. The van der Waals surface area contributed by atoms with Crippen molar-refractivity contribution < 1.29 is 23.1 Å². The minimum Gasteiger partial charge on any atom is -0.481 e. The summed E-state index contributed by atoms with van der Waals surface area (Å²) in [4.78, 5) is 26.9. The molecule has 1 aliphatic heterocycles. The molecule has 0 bridgehead atoms. The minimum atomic E-state index is -3.96. The molecule has 0 saturated carbocycles. The molecule has 32 heavy (non-hydrogen) atoms. The van der Waals surface area contributed by atoms with Crippen molar-refractivity contribution in [2.24, 2.45) is 0 Å². The summed E-state index contributed by atoms with van der Waals surface area (Å²) in [5, 5.41) is 12.4. The van der Waals surface area contributed by atoms with Crippen LogP contribution in [0.2, 0.25) is 5.02 Å². The molecular formula is C23H19ClN2O5S. The third-order valence-corrected chi connectivity index (χ3v) is 7.48. The van der Waals surface area contributed by atoms with Gasteiger partial charge >= 0.3 is 5.97 Å². The third kappa shape index (κ3) is 3.94. The van der Waals surface area contributed by atoms with Crippen LogP contribution in [-0.4, -0.2) is 30.4 Å². The second-order valence-electron chi connectivity index (χ2n) is 7.38. The number of H-pyrrole nitrogens is 1. The Hall–Kier alpha value is -3.36. The van der Waals surface area contributed by atoms with Gasteiger partial charge in [-0.25, -0.2) is 8.42 Å². The number of rotatable bonds is 6. The molecule has 7 nitrogen and oxygen atoms in total. The van der Waals surface area contributed by atoms with E-state index in [2.05, 4.69) is 10.3 Å². The molecule has 0 radical (unpaired) electrons. The van der Waals surface area contributed by atoms with Gasteiger partial charge in [-0.3, -0.25) is 9.59 Å². The number of carbonyl (C=O) groups excluding carboxylic acids is 1. The summed E-state index contributed by atoms with van der Waals surface area (Å²) < 4.78 is 26.9. The summed E-state index contributed by atoms with van der Waals surface area (Å²) in [5.74, 6) is -1.37. The van der Waals surface area contributed by atoms with Gasteiger partial charge in [-0.15, -0.1) is 0 Å². The van der Waals surface area contributed by atoms with Gasteiger partial charge in [0.2, 0.25) is 9.84 Å². The summed E-state index contributed by atoms with van der Waals surface area (Å²) >= 11 is 5.90. The number of halogens is 1. The van der Waals surface area contributed by atoms with E-state index in [1.165, 1.54) is 24.3 Å². The number of anilines is 1. The molecule has 0 saturated heterocycles. The van der Waals surface area contributed by atoms with Gasteiger partial charge in [0, 0.05) is 34.1 Å². The largest absolute Gasteiger partial charge is 0.481 e. The molecule has 2 aromatic carbocycles. The summed E-state index contributed by atoms with van der Waals surface area (Å²) in [5.41, 5.74) is 2.79. The highest BCUT2D eigenvalue weighted by atomic mass is 35.5. The lowest BCUT2D eigenvalue weighted by Gasteiger charge is -2.08. The fraction of sp³-hybridized carbons (Fsp3) is 0.130. The first-order valence-corrected chi connectivity index (χ1v) is 11.6. The van der Waals surface area contributed by atoms with Crippen LogP contribution in [0.4, 0.5) is 5.69 Å². The van der Waals surface area contributed by atoms with E-state index in [1.807, 2.05) is 0 Å². The van der Waals surface area contributed by atoms with E-state index in [-0.39, 0.29) is 28.5 Å². The number of carboxylic acid groups (broad SMARTS) is 1. The molecule has 0 fully saturated rings. The smallest absolute Gasteiger partial charge is 0.303 e. The maximum Gasteiger partial charge on any atom is 0.303 e. The van der Waals surface area contributed by atoms with E-state index in [9.17, 15) is 23.1 Å². The number of aliphatic carboxylic acids is 1. The summed E-state index contributed by atoms with van der Waals surface area (Å²) in [6.07, 6.45) is 1.29. The average molecular weight is 471 g/mol. The van der Waals surface area contributed by atoms with Gasteiger partial charge in [0.1, 0.15) is 0 Å². The molecule has 2 heterocycles. The predicted molar refractivity (Wildman–Crippen MR) is 121 cm³/mol. The topological polar surface area (TPSA) is 116 Å². The number of para-hydroxylation sites is 1. The van der Waals surface area contributed by atoms with Gasteiger partial charge in [-0.2, -0.15) is 0 Å². The standard InChI is InChI=1S/C23H19ClN2O5S/c1-13-22(32(30,31)15-8-6-14(24)7-9-15)17(10-11-21(27)28)20(25-13)12-18-16-4-2-3-5-19(16)26-23(18)29/h2-9,12,25H,10-11H2,1H3,(H,26,29)(H,27,28). The average Bonchev–Trinajstić information content (AvgIpc) is 3.23. The lowest BCUT2D eigenvalue weighted by molar-refractivity contribution is -0.137. The van der Waals surface area contributed by atoms with Crippen molar-refractivity contribution in [2.75, 3.05) is 5.32 Å². The number of carboxylic acids is 1. The monoisotopic (exact) mass is 470 g/mol. The molecule has 1 aromatic heterocycles. The Labute approximate surface area is 189 Å². The van der Waals surface area contributed by atoms with E-state index in [0.29, 0.717) is 38.8 Å². The number of carbonyl (C=O) groups is 2. The number of nitrogens with one attached hydrogen (secondary N) is 2. The van der Waals surface area contributed by atoms with Crippen molar-refractivity contribution in [2.45, 2.75) is 29.6 Å². The molecule has 0 spiro atoms. The molecule has 3 N–H and O–H groups in total. The van der Waals surface area contributed by atoms with Crippen LogP contribution in [0.3, 0.4) is 0 Å². The summed E-state index contributed by atoms with van der Waals surface area (Å²) in [7, 11) is -3.96. The third-order valence-electron chi connectivity index (χ3n) is 5.24. The Morgan fingerprint density at radius 2 is 1.81 bits per heavy atom. The number of aryl methyl sites for hydroxylation is 1. The summed E-state index contributed by atoms with van der Waals surface area (Å²) in [6.45, 7) is 1.61. The van der Waals surface area contributed by atoms with Crippen LogP contribution in [-0.2, 0) is 25.8 Å². The van der Waals surface area contributed by atoms with Crippen molar-refractivity contribution in [1.29, 1.82) is 0 Å². The van der Waals surface area contributed by atoms with E-state index >= 15 is 0 Å². The van der Waals surface area contributed by atoms with E-state index in [4.69, 9.17) is 11.6 Å². The number of fused-ring (bicyclic) bond motifs is 1. The molecule has 0 aliphatic carbocycles. The number of hydrogen-bond acceptors (Lipinski definition) is 4. The van der Waals surface area contributed by atoms with Crippen molar-refractivity contribution >= 4 is 50.7 Å². The molecular weight excluding hydrogens is 452 g/mol. The summed E-state index contributed by atoms with van der Waals surface area (Å²) in [6, 6.07) is 12.9. The minimum absolute atomic E-state index is 0.0135. The Kier molecular flexibility index (Phi) is 5.66. The first kappa shape index (κ1) is 21.9. The van der Waals surface area contributed by atoms with Crippen molar-refractivity contribution in [3.8, 4) is 0 Å². The molecule has 1 amide bonds. The lowest BCUT2D eigenvalue weighted by atomic mass is 10.0. The zero-order valence-corrected chi connectivity index (χ0v) is 18.5. The predicted octanol–water partition coefficient (Wildman–Crippen LogP) is 4.32. The van der Waals surface area contributed by atoms with Gasteiger partial charge in [-0.1, -0.05) is 29.8 Å². The zero-order chi connectivity index (χ0) is 23.0. The maximum atomic E-state index is 13.4. The van der Waals surface area contributed by atoms with Crippen LogP contribution in [0.15, 0.2) is 58.3 Å². The van der Waals surface area contributed by atoms with Crippen LogP contribution in [0.25, 0.3) is 11.6 Å².